The van der Waals surface area contributed by atoms with Gasteiger partial charge in [-0.05, 0) is 11.1 Å². The minimum absolute atomic E-state index is 0.111. The zero-order valence-corrected chi connectivity index (χ0v) is 12.5. The predicted octanol–water partition coefficient (Wildman–Crippen LogP) is 2.58. The monoisotopic (exact) mass is 314 g/mol. The fourth-order valence-corrected chi connectivity index (χ4v) is 3.41. The van der Waals surface area contributed by atoms with Gasteiger partial charge in [0, 0.05) is 5.56 Å². The van der Waals surface area contributed by atoms with Crippen LogP contribution in [0.5, 0.6) is 0 Å². The summed E-state index contributed by atoms with van der Waals surface area (Å²) in [6, 6.07) is 14.5. The number of aromatic nitrogens is 1. The molecule has 1 heterocycles. The lowest BCUT2D eigenvalue weighted by Gasteiger charge is -2.12. The van der Waals surface area contributed by atoms with E-state index in [0.29, 0.717) is 17.0 Å². The lowest BCUT2D eigenvalue weighted by molar-refractivity contribution is 0.505. The summed E-state index contributed by atoms with van der Waals surface area (Å²) >= 11 is 0. The summed E-state index contributed by atoms with van der Waals surface area (Å²) in [5, 5.41) is 5.45. The molecular formula is C16H14N2O3S. The number of benzene rings is 2. The summed E-state index contributed by atoms with van der Waals surface area (Å²) in [6.07, 6.45) is 3.24. The van der Waals surface area contributed by atoms with E-state index in [1.807, 2.05) is 30.3 Å². The molecule has 0 aliphatic rings. The number of hydrogen-bond acceptors (Lipinski definition) is 4. The highest BCUT2D eigenvalue weighted by Crippen LogP contribution is 2.30. The minimum atomic E-state index is -3.88. The predicted molar refractivity (Wildman–Crippen MR) is 82.6 cm³/mol. The third-order valence-electron chi connectivity index (χ3n) is 3.29. The van der Waals surface area contributed by atoms with Crippen molar-refractivity contribution >= 4 is 10.0 Å². The van der Waals surface area contributed by atoms with Gasteiger partial charge in [-0.1, -0.05) is 48.5 Å². The Morgan fingerprint density at radius 1 is 1.05 bits per heavy atom. The van der Waals surface area contributed by atoms with Gasteiger partial charge in [0.15, 0.2) is 5.89 Å². The van der Waals surface area contributed by atoms with Crippen LogP contribution in [-0.2, 0) is 16.4 Å². The second kappa shape index (κ2) is 5.75. The van der Waals surface area contributed by atoms with Crippen molar-refractivity contribution in [3.63, 3.8) is 0 Å². The van der Waals surface area contributed by atoms with Gasteiger partial charge in [0.1, 0.15) is 6.26 Å². The summed E-state index contributed by atoms with van der Waals surface area (Å²) in [6.45, 7) is 0. The first kappa shape index (κ1) is 14.5. The Balaban J connectivity index is 2.19. The zero-order valence-electron chi connectivity index (χ0n) is 11.6. The summed E-state index contributed by atoms with van der Waals surface area (Å²) in [5.74, 6) is 0.440. The van der Waals surface area contributed by atoms with Crippen molar-refractivity contribution < 1.29 is 12.8 Å². The van der Waals surface area contributed by atoms with Crippen LogP contribution in [0.15, 0.2) is 70.3 Å². The first-order valence-corrected chi connectivity index (χ1v) is 8.19. The molecule has 0 saturated carbocycles. The summed E-state index contributed by atoms with van der Waals surface area (Å²) in [4.78, 5) is 4.15. The molecule has 3 aromatic rings. The van der Waals surface area contributed by atoms with Crippen molar-refractivity contribution in [2.45, 2.75) is 11.3 Å². The van der Waals surface area contributed by atoms with Crippen molar-refractivity contribution in [2.75, 3.05) is 0 Å². The fourth-order valence-electron chi connectivity index (χ4n) is 2.41. The lowest BCUT2D eigenvalue weighted by atomic mass is 10.0. The average Bonchev–Trinajstić information content (AvgIpc) is 3.00. The summed E-state index contributed by atoms with van der Waals surface area (Å²) < 4.78 is 29.4. The molecule has 0 fully saturated rings. The Morgan fingerprint density at radius 3 is 2.45 bits per heavy atom. The van der Waals surface area contributed by atoms with E-state index in [0.717, 1.165) is 5.56 Å². The van der Waals surface area contributed by atoms with Crippen molar-refractivity contribution in [3.8, 4) is 11.1 Å². The van der Waals surface area contributed by atoms with Gasteiger partial charge in [-0.15, -0.1) is 0 Å². The fraction of sp³-hybridized carbons (Fsp3) is 0.0625. The van der Waals surface area contributed by atoms with Crippen LogP contribution >= 0.6 is 0 Å². The molecule has 3 rings (SSSR count). The van der Waals surface area contributed by atoms with Crippen molar-refractivity contribution in [1.29, 1.82) is 0 Å². The summed E-state index contributed by atoms with van der Waals surface area (Å²) in [5.41, 5.74) is 1.93. The molecule has 5 nitrogen and oxygen atoms in total. The Kier molecular flexibility index (Phi) is 3.79. The van der Waals surface area contributed by atoms with Crippen molar-refractivity contribution in [2.24, 2.45) is 5.14 Å². The van der Waals surface area contributed by atoms with Crippen LogP contribution in [0.1, 0.15) is 11.5 Å². The zero-order chi connectivity index (χ0) is 15.6. The van der Waals surface area contributed by atoms with Crippen molar-refractivity contribution in [1.82, 2.24) is 4.98 Å². The molecule has 6 heteroatoms. The molecule has 0 spiro atoms. The maximum absolute atomic E-state index is 12.1. The molecule has 2 aromatic carbocycles. The number of oxazole rings is 1. The molecular weight excluding hydrogens is 300 g/mol. The third-order valence-corrected chi connectivity index (χ3v) is 4.34. The van der Waals surface area contributed by atoms with E-state index < -0.39 is 10.0 Å². The maximum atomic E-state index is 12.1. The number of nitrogens with two attached hydrogens (primary N) is 1. The minimum Gasteiger partial charge on any atom is -0.449 e. The van der Waals surface area contributed by atoms with Gasteiger partial charge in [0.2, 0.25) is 10.0 Å². The Labute approximate surface area is 128 Å². The van der Waals surface area contributed by atoms with Crippen LogP contribution < -0.4 is 5.14 Å². The van der Waals surface area contributed by atoms with E-state index in [1.54, 1.807) is 18.2 Å². The van der Waals surface area contributed by atoms with Gasteiger partial charge in [-0.25, -0.2) is 18.5 Å². The number of primary sulfonamides is 1. The van der Waals surface area contributed by atoms with Crippen LogP contribution in [0.4, 0.5) is 0 Å². The average molecular weight is 314 g/mol. The molecule has 0 unspecified atom stereocenters. The highest BCUT2D eigenvalue weighted by atomic mass is 32.2. The second-order valence-electron chi connectivity index (χ2n) is 4.81. The lowest BCUT2D eigenvalue weighted by Crippen LogP contribution is -2.16. The van der Waals surface area contributed by atoms with Crippen LogP contribution in [-0.4, -0.2) is 13.4 Å². The van der Waals surface area contributed by atoms with Crippen LogP contribution in [0.25, 0.3) is 11.1 Å². The van der Waals surface area contributed by atoms with Gasteiger partial charge < -0.3 is 4.42 Å². The molecule has 0 saturated heterocycles. The molecule has 0 bridgehead atoms. The Hall–Kier alpha value is -2.44. The van der Waals surface area contributed by atoms with Crippen LogP contribution in [0, 0.1) is 0 Å². The molecule has 0 aliphatic carbocycles. The number of sulfonamides is 1. The largest absolute Gasteiger partial charge is 0.449 e. The van der Waals surface area contributed by atoms with E-state index in [1.165, 1.54) is 12.5 Å². The van der Waals surface area contributed by atoms with E-state index in [9.17, 15) is 8.42 Å². The SMILES string of the molecule is NS(=O)(=O)c1c(Cc2ncco2)cccc1-c1ccccc1. The van der Waals surface area contributed by atoms with E-state index >= 15 is 0 Å². The number of rotatable bonds is 4. The summed E-state index contributed by atoms with van der Waals surface area (Å²) in [7, 11) is -3.88. The molecule has 0 atom stereocenters. The quantitative estimate of drug-likeness (QED) is 0.802. The Morgan fingerprint density at radius 2 is 1.82 bits per heavy atom. The Bertz CT molecular complexity index is 873. The molecule has 112 valence electrons. The van der Waals surface area contributed by atoms with Gasteiger partial charge in [0.25, 0.3) is 0 Å². The molecule has 0 radical (unpaired) electrons. The van der Waals surface area contributed by atoms with Gasteiger partial charge in [-0.3, -0.25) is 0 Å². The third kappa shape index (κ3) is 2.93. The van der Waals surface area contributed by atoms with E-state index in [-0.39, 0.29) is 11.3 Å². The van der Waals surface area contributed by atoms with Gasteiger partial charge in [0.05, 0.1) is 17.5 Å². The van der Waals surface area contributed by atoms with Crippen LogP contribution in [0.3, 0.4) is 0 Å². The highest BCUT2D eigenvalue weighted by Gasteiger charge is 2.20. The maximum Gasteiger partial charge on any atom is 0.238 e. The smallest absolute Gasteiger partial charge is 0.238 e. The molecule has 0 amide bonds. The van der Waals surface area contributed by atoms with Crippen molar-refractivity contribution in [3.05, 3.63) is 72.4 Å². The highest BCUT2D eigenvalue weighted by molar-refractivity contribution is 7.89. The molecule has 0 aliphatic heterocycles. The second-order valence-corrected chi connectivity index (χ2v) is 6.31. The standard InChI is InChI=1S/C16H14N2O3S/c17-22(19,20)16-13(11-15-18-9-10-21-15)7-4-8-14(16)12-5-2-1-3-6-12/h1-10H,11H2,(H2,17,19,20). The van der Waals surface area contributed by atoms with E-state index in [4.69, 9.17) is 9.56 Å². The molecule has 2 N–H and O–H groups in total. The normalized spacial score (nSPS) is 11.5. The van der Waals surface area contributed by atoms with E-state index in [2.05, 4.69) is 4.98 Å². The topological polar surface area (TPSA) is 86.2 Å². The molecule has 1 aromatic heterocycles. The first-order valence-electron chi connectivity index (χ1n) is 6.64. The van der Waals surface area contributed by atoms with Gasteiger partial charge >= 0.3 is 0 Å². The number of nitrogens with zero attached hydrogens (tertiary/aromatic N) is 1. The first-order chi connectivity index (χ1) is 10.6. The van der Waals surface area contributed by atoms with Gasteiger partial charge in [-0.2, -0.15) is 0 Å². The molecule has 22 heavy (non-hydrogen) atoms. The van der Waals surface area contributed by atoms with Crippen LogP contribution in [0.2, 0.25) is 0 Å². The number of hydrogen-bond donors (Lipinski definition) is 1.